The molecule has 3 aromatic rings. The Morgan fingerprint density at radius 1 is 1.00 bits per heavy atom. The Balaban J connectivity index is 1.65. The van der Waals surface area contributed by atoms with Gasteiger partial charge < -0.3 is 4.57 Å². The number of aryl methyl sites for hydroxylation is 2. The zero-order valence-electron chi connectivity index (χ0n) is 15.5. The van der Waals surface area contributed by atoms with E-state index in [2.05, 4.69) is 9.55 Å². The largest absolute Gasteiger partial charge is 0.324 e. The van der Waals surface area contributed by atoms with Crippen molar-refractivity contribution in [2.24, 2.45) is 0 Å². The third-order valence-corrected chi connectivity index (χ3v) is 7.24. The van der Waals surface area contributed by atoms with Gasteiger partial charge in [0.05, 0.1) is 10.9 Å². The molecule has 2 heterocycles. The highest BCUT2D eigenvalue weighted by atomic mass is 32.2. The van der Waals surface area contributed by atoms with Crippen molar-refractivity contribution in [2.75, 3.05) is 13.1 Å². The summed E-state index contributed by atoms with van der Waals surface area (Å²) >= 11 is 0. The standard InChI is InChI=1S/C21H23N3O2S/c1-16-8-6-7-11-20(16)27(25,26)23-13-12-19(15-23)24-17(2)14-22-21(24)18-9-4-3-5-10-18/h3-11,14,19H,12-13,15H2,1-2H3. The van der Waals surface area contributed by atoms with Crippen LogP contribution >= 0.6 is 0 Å². The van der Waals surface area contributed by atoms with E-state index in [1.165, 1.54) is 0 Å². The molecule has 0 spiro atoms. The predicted octanol–water partition coefficient (Wildman–Crippen LogP) is 3.80. The number of rotatable bonds is 4. The van der Waals surface area contributed by atoms with E-state index in [1.54, 1.807) is 16.4 Å². The van der Waals surface area contributed by atoms with Gasteiger partial charge in [-0.25, -0.2) is 13.4 Å². The summed E-state index contributed by atoms with van der Waals surface area (Å²) in [5, 5.41) is 0. The predicted molar refractivity (Wildman–Crippen MR) is 106 cm³/mol. The van der Waals surface area contributed by atoms with E-state index in [-0.39, 0.29) is 6.04 Å². The fourth-order valence-electron chi connectivity index (χ4n) is 3.83. The topological polar surface area (TPSA) is 55.2 Å². The van der Waals surface area contributed by atoms with Crippen molar-refractivity contribution in [2.45, 2.75) is 31.2 Å². The van der Waals surface area contributed by atoms with Crippen LogP contribution < -0.4 is 0 Å². The maximum atomic E-state index is 13.1. The van der Waals surface area contributed by atoms with Gasteiger partial charge in [-0.15, -0.1) is 0 Å². The Morgan fingerprint density at radius 2 is 1.70 bits per heavy atom. The molecular formula is C21H23N3O2S. The van der Waals surface area contributed by atoms with Crippen LogP contribution in [-0.2, 0) is 10.0 Å². The van der Waals surface area contributed by atoms with Crippen LogP contribution in [0.2, 0.25) is 0 Å². The minimum Gasteiger partial charge on any atom is -0.324 e. The van der Waals surface area contributed by atoms with Crippen molar-refractivity contribution in [3.63, 3.8) is 0 Å². The van der Waals surface area contributed by atoms with Gasteiger partial charge in [-0.05, 0) is 31.9 Å². The molecule has 0 aliphatic carbocycles. The zero-order valence-corrected chi connectivity index (χ0v) is 16.4. The summed E-state index contributed by atoms with van der Waals surface area (Å²) in [6.07, 6.45) is 2.64. The number of aromatic nitrogens is 2. The van der Waals surface area contributed by atoms with Crippen LogP contribution in [0.25, 0.3) is 11.4 Å². The van der Waals surface area contributed by atoms with Crippen molar-refractivity contribution in [1.82, 2.24) is 13.9 Å². The van der Waals surface area contributed by atoms with Crippen LogP contribution in [0.3, 0.4) is 0 Å². The van der Waals surface area contributed by atoms with Gasteiger partial charge in [0, 0.05) is 30.5 Å². The van der Waals surface area contributed by atoms with Gasteiger partial charge in [-0.3, -0.25) is 0 Å². The van der Waals surface area contributed by atoms with Crippen molar-refractivity contribution >= 4 is 10.0 Å². The van der Waals surface area contributed by atoms with Crippen LogP contribution in [0.1, 0.15) is 23.7 Å². The molecule has 140 valence electrons. The van der Waals surface area contributed by atoms with E-state index in [9.17, 15) is 8.42 Å². The minimum atomic E-state index is -3.48. The van der Waals surface area contributed by atoms with Crippen LogP contribution in [0.4, 0.5) is 0 Å². The fourth-order valence-corrected chi connectivity index (χ4v) is 5.55. The average Bonchev–Trinajstić information content (AvgIpc) is 3.29. The number of nitrogens with zero attached hydrogens (tertiary/aromatic N) is 3. The highest BCUT2D eigenvalue weighted by Gasteiger charge is 2.35. The number of imidazole rings is 1. The molecular weight excluding hydrogens is 358 g/mol. The molecule has 1 aliphatic rings. The Bertz CT molecular complexity index is 1060. The van der Waals surface area contributed by atoms with Gasteiger partial charge in [0.15, 0.2) is 0 Å². The lowest BCUT2D eigenvalue weighted by Crippen LogP contribution is -2.30. The van der Waals surface area contributed by atoms with Gasteiger partial charge in [-0.1, -0.05) is 48.5 Å². The van der Waals surface area contributed by atoms with Crippen molar-refractivity contribution in [1.29, 1.82) is 0 Å². The first-order valence-corrected chi connectivity index (χ1v) is 10.6. The van der Waals surface area contributed by atoms with E-state index in [1.807, 2.05) is 62.5 Å². The van der Waals surface area contributed by atoms with Crippen LogP contribution in [0.15, 0.2) is 65.7 Å². The Hall–Kier alpha value is -2.44. The summed E-state index contributed by atoms with van der Waals surface area (Å²) in [5.74, 6) is 0.897. The molecule has 1 atom stereocenters. The van der Waals surface area contributed by atoms with Crippen molar-refractivity contribution in [3.05, 3.63) is 72.1 Å². The maximum absolute atomic E-state index is 13.1. The van der Waals surface area contributed by atoms with E-state index in [4.69, 9.17) is 0 Å². The quantitative estimate of drug-likeness (QED) is 0.691. The average molecular weight is 382 g/mol. The highest BCUT2D eigenvalue weighted by Crippen LogP contribution is 2.32. The number of sulfonamides is 1. The normalized spacial score (nSPS) is 18.1. The Morgan fingerprint density at radius 3 is 2.44 bits per heavy atom. The minimum absolute atomic E-state index is 0.0847. The van der Waals surface area contributed by atoms with Gasteiger partial charge >= 0.3 is 0 Å². The number of hydrogen-bond donors (Lipinski definition) is 0. The molecule has 1 unspecified atom stereocenters. The fraction of sp³-hybridized carbons (Fsp3) is 0.286. The number of benzene rings is 2. The zero-order chi connectivity index (χ0) is 19.0. The van der Waals surface area contributed by atoms with Crippen LogP contribution in [0, 0.1) is 13.8 Å². The van der Waals surface area contributed by atoms with Gasteiger partial charge in [0.1, 0.15) is 5.82 Å². The third-order valence-electron chi connectivity index (χ3n) is 5.22. The molecule has 1 aliphatic heterocycles. The molecule has 1 aromatic heterocycles. The molecule has 0 amide bonds. The lowest BCUT2D eigenvalue weighted by Gasteiger charge is -2.20. The third kappa shape index (κ3) is 3.19. The highest BCUT2D eigenvalue weighted by molar-refractivity contribution is 7.89. The lowest BCUT2D eigenvalue weighted by atomic mass is 10.2. The summed E-state index contributed by atoms with van der Waals surface area (Å²) in [4.78, 5) is 4.98. The van der Waals surface area contributed by atoms with E-state index in [0.29, 0.717) is 18.0 Å². The summed E-state index contributed by atoms with van der Waals surface area (Å²) in [5.41, 5.74) is 2.88. The molecule has 2 aromatic carbocycles. The Kier molecular flexibility index (Phi) is 4.61. The van der Waals surface area contributed by atoms with Gasteiger partial charge in [0.25, 0.3) is 0 Å². The Labute approximate surface area is 160 Å². The number of hydrogen-bond acceptors (Lipinski definition) is 3. The lowest BCUT2D eigenvalue weighted by molar-refractivity contribution is 0.450. The SMILES string of the molecule is Cc1ccccc1S(=O)(=O)N1CCC(n2c(C)cnc2-c2ccccc2)C1. The molecule has 0 radical (unpaired) electrons. The van der Waals surface area contributed by atoms with Gasteiger partial charge in [0.2, 0.25) is 10.0 Å². The monoisotopic (exact) mass is 381 g/mol. The molecule has 0 bridgehead atoms. The summed E-state index contributed by atoms with van der Waals surface area (Å²) in [7, 11) is -3.48. The molecule has 0 N–H and O–H groups in total. The second kappa shape index (κ2) is 6.94. The van der Waals surface area contributed by atoms with Crippen LogP contribution in [-0.4, -0.2) is 35.4 Å². The molecule has 0 saturated carbocycles. The first kappa shape index (κ1) is 17.9. The molecule has 5 nitrogen and oxygen atoms in total. The van der Waals surface area contributed by atoms with Gasteiger partial charge in [-0.2, -0.15) is 4.31 Å². The van der Waals surface area contributed by atoms with E-state index in [0.717, 1.165) is 29.1 Å². The molecule has 27 heavy (non-hydrogen) atoms. The summed E-state index contributed by atoms with van der Waals surface area (Å²) < 4.78 is 30.0. The smallest absolute Gasteiger partial charge is 0.243 e. The molecule has 1 saturated heterocycles. The van der Waals surface area contributed by atoms with Crippen molar-refractivity contribution < 1.29 is 8.42 Å². The van der Waals surface area contributed by atoms with E-state index < -0.39 is 10.0 Å². The molecule has 1 fully saturated rings. The summed E-state index contributed by atoms with van der Waals surface area (Å²) in [6, 6.07) is 17.3. The second-order valence-corrected chi connectivity index (χ2v) is 8.94. The second-order valence-electron chi connectivity index (χ2n) is 7.03. The first-order valence-electron chi connectivity index (χ1n) is 9.13. The maximum Gasteiger partial charge on any atom is 0.243 e. The summed E-state index contributed by atoms with van der Waals surface area (Å²) in [6.45, 7) is 4.85. The van der Waals surface area contributed by atoms with Crippen molar-refractivity contribution in [3.8, 4) is 11.4 Å². The van der Waals surface area contributed by atoms with Crippen LogP contribution in [0.5, 0.6) is 0 Å². The van der Waals surface area contributed by atoms with E-state index >= 15 is 0 Å². The first-order chi connectivity index (χ1) is 13.0. The molecule has 4 rings (SSSR count). The molecule has 6 heteroatoms.